The van der Waals surface area contributed by atoms with Crippen molar-refractivity contribution in [1.82, 2.24) is 9.55 Å². The largest absolute Gasteiger partial charge is 0.529 e. The van der Waals surface area contributed by atoms with Gasteiger partial charge in [-0.3, -0.25) is 23.4 Å². The van der Waals surface area contributed by atoms with Crippen LogP contribution < -0.4 is 10.2 Å². The number of ether oxygens (including phenoxy) is 1. The summed E-state index contributed by atoms with van der Waals surface area (Å²) in [5.41, 5.74) is -2.70. The number of carbonyl (C=O) groups is 1. The van der Waals surface area contributed by atoms with Crippen LogP contribution in [0.3, 0.4) is 0 Å². The second kappa shape index (κ2) is 8.26. The number of aromatic nitrogens is 2. The average molecular weight is 510 g/mol. The van der Waals surface area contributed by atoms with E-state index >= 15 is 4.39 Å². The molecule has 0 radical (unpaired) electrons. The minimum absolute atomic E-state index is 0.139. The lowest BCUT2D eigenvalue weighted by atomic mass is 9.59. The number of aldehydes is 1. The molecule has 5 atom stereocenters. The van der Waals surface area contributed by atoms with Crippen molar-refractivity contribution in [3.63, 3.8) is 0 Å². The first kappa shape index (κ1) is 25.1. The average Bonchev–Trinajstić information content (AvgIpc) is 2.94. The van der Waals surface area contributed by atoms with Crippen LogP contribution in [0.4, 0.5) is 4.39 Å². The molecule has 17 heteroatoms. The van der Waals surface area contributed by atoms with Crippen molar-refractivity contribution in [1.29, 1.82) is 0 Å². The molecule has 1 unspecified atom stereocenters. The van der Waals surface area contributed by atoms with Gasteiger partial charge in [-0.05, 0) is 6.07 Å². The van der Waals surface area contributed by atoms with E-state index in [1.165, 1.54) is 6.07 Å². The van der Waals surface area contributed by atoms with Crippen LogP contribution in [-0.4, -0.2) is 73.1 Å². The van der Waals surface area contributed by atoms with E-state index in [0.717, 1.165) is 29.7 Å². The van der Waals surface area contributed by atoms with Gasteiger partial charge in [0.15, 0.2) is 14.1 Å². The minimum Gasteiger partial charge on any atom is -0.404 e. The van der Waals surface area contributed by atoms with Crippen LogP contribution in [0.2, 0.25) is 0 Å². The summed E-state index contributed by atoms with van der Waals surface area (Å²) in [5, 5.41) is 19.2. The van der Waals surface area contributed by atoms with Crippen LogP contribution in [0.1, 0.15) is 15.9 Å². The molecule has 0 spiro atoms. The van der Waals surface area contributed by atoms with Crippen LogP contribution in [0.15, 0.2) is 35.3 Å². The van der Waals surface area contributed by atoms with E-state index in [1.807, 2.05) is 0 Å². The number of H-pyrrole nitrogens is 1. The molecule has 2 aromatic rings. The second-order valence-corrected chi connectivity index (χ2v) is 10.5. The van der Waals surface area contributed by atoms with Crippen molar-refractivity contribution in [2.24, 2.45) is 0 Å². The molecule has 1 saturated heterocycles. The number of hydrogen-bond donors (Lipinski definition) is 3. The number of nitrogens with one attached hydrogen (secondary N) is 1. The summed E-state index contributed by atoms with van der Waals surface area (Å²) in [5.74, 6) is -3.01. The van der Waals surface area contributed by atoms with Gasteiger partial charge in [-0.15, -0.1) is 0 Å². The number of aromatic amines is 1. The molecule has 0 bridgehead atoms. The first-order chi connectivity index (χ1) is 15.8. The Morgan fingerprint density at radius 1 is 1.35 bits per heavy atom. The molecule has 2 aliphatic heterocycles. The third-order valence-corrected chi connectivity index (χ3v) is 7.76. The van der Waals surface area contributed by atoms with Gasteiger partial charge in [0.1, 0.15) is 43.9 Å². The molecule has 11 nitrogen and oxygen atoms in total. The summed E-state index contributed by atoms with van der Waals surface area (Å²) in [6.07, 6.45) is -2.99. The molecule has 1 aromatic heterocycles. The topological polar surface area (TPSA) is 149 Å². The Labute approximate surface area is 200 Å². The molecular weight excluding hydrogens is 491 g/mol. The molecule has 34 heavy (non-hydrogen) atoms. The highest BCUT2D eigenvalue weighted by Gasteiger charge is 2.69. The summed E-state index contributed by atoms with van der Waals surface area (Å²) in [6, 6.07) is 6.58. The van der Waals surface area contributed by atoms with Gasteiger partial charge < -0.3 is 19.5 Å². The lowest BCUT2D eigenvalue weighted by Gasteiger charge is -2.41. The number of benzene rings is 1. The maximum atomic E-state index is 16.3. The van der Waals surface area contributed by atoms with Crippen molar-refractivity contribution in [3.05, 3.63) is 56.7 Å². The number of fused-ring (bicyclic) bond motifs is 1. The lowest BCUT2D eigenvalue weighted by Crippen LogP contribution is -2.60. The quantitative estimate of drug-likeness (QED) is 0.179. The number of aliphatic hydroxyl groups is 2. The van der Waals surface area contributed by atoms with Gasteiger partial charge in [0.2, 0.25) is 0 Å². The Balaban J connectivity index is 1.69. The molecular formula is C17H19B3FN2O9PS. The fraction of sp³-hybridized carbons (Fsp3) is 0.353. The lowest BCUT2D eigenvalue weighted by molar-refractivity contribution is -0.240. The number of carbonyl (C=O) groups excluding carboxylic acids is 1. The summed E-state index contributed by atoms with van der Waals surface area (Å²) in [6.45, 7) is -0.139. The molecule has 1 fully saturated rings. The third-order valence-electron chi connectivity index (χ3n) is 5.88. The standard InChI is InChI=1S/C17H19B3FN2O9PS/c18-16(23-5-9(6-24)13(34)22-14(23)27)12(26)11(25)15(21,31-16)17(19,20)32-33(28)29-7-8-3-1-2-4-10(8)30-33/h1-6,11-12,25-26H,7,18-20H2,(H,22,27,34)/t11-,12+,15-,16-,33?/m0/s1. The molecule has 4 rings (SSSR count). The predicted octanol–water partition coefficient (Wildman–Crippen LogP) is -1.97. The number of para-hydroxylation sites is 1. The molecule has 0 amide bonds. The van der Waals surface area contributed by atoms with E-state index in [9.17, 15) is 24.4 Å². The maximum Gasteiger partial charge on any atom is 0.529 e. The molecule has 0 saturated carbocycles. The number of phosphoric ester groups is 1. The second-order valence-electron chi connectivity index (χ2n) is 8.54. The molecule has 3 heterocycles. The van der Waals surface area contributed by atoms with Crippen LogP contribution in [0.25, 0.3) is 0 Å². The summed E-state index contributed by atoms with van der Waals surface area (Å²) >= 11 is 4.89. The first-order valence-corrected chi connectivity index (χ1v) is 11.9. The van der Waals surface area contributed by atoms with E-state index in [-0.39, 0.29) is 22.6 Å². The van der Waals surface area contributed by atoms with E-state index in [0.29, 0.717) is 16.4 Å². The Kier molecular flexibility index (Phi) is 6.09. The highest BCUT2D eigenvalue weighted by atomic mass is 32.1. The number of alkyl halides is 1. The van der Waals surface area contributed by atoms with Crippen molar-refractivity contribution in [2.75, 3.05) is 0 Å². The zero-order valence-electron chi connectivity index (χ0n) is 18.3. The van der Waals surface area contributed by atoms with Gasteiger partial charge in [-0.2, -0.15) is 0 Å². The van der Waals surface area contributed by atoms with Crippen LogP contribution in [0, 0.1) is 4.64 Å². The molecule has 1 aromatic carbocycles. The van der Waals surface area contributed by atoms with E-state index in [2.05, 4.69) is 4.98 Å². The number of rotatable bonds is 5. The van der Waals surface area contributed by atoms with Crippen molar-refractivity contribution in [3.8, 4) is 5.75 Å². The number of phosphoric acid groups is 1. The van der Waals surface area contributed by atoms with Gasteiger partial charge in [0, 0.05) is 11.8 Å². The Morgan fingerprint density at radius 3 is 2.71 bits per heavy atom. The van der Waals surface area contributed by atoms with Gasteiger partial charge in [-0.1, -0.05) is 30.4 Å². The monoisotopic (exact) mass is 510 g/mol. The Morgan fingerprint density at radius 2 is 2.03 bits per heavy atom. The number of hydrogen-bond acceptors (Lipinski definition) is 10. The number of nitrogens with zero attached hydrogens (tertiary/aromatic N) is 1. The predicted molar refractivity (Wildman–Crippen MR) is 125 cm³/mol. The van der Waals surface area contributed by atoms with Gasteiger partial charge in [0.05, 0.1) is 17.6 Å². The van der Waals surface area contributed by atoms with Crippen LogP contribution in [0.5, 0.6) is 5.75 Å². The summed E-state index contributed by atoms with van der Waals surface area (Å²) < 4.78 is 51.5. The number of aliphatic hydroxyl groups excluding tert-OH is 2. The summed E-state index contributed by atoms with van der Waals surface area (Å²) in [7, 11) is -1.05. The molecule has 2 aliphatic rings. The van der Waals surface area contributed by atoms with Gasteiger partial charge in [0.25, 0.3) is 5.85 Å². The van der Waals surface area contributed by atoms with Crippen molar-refractivity contribution >= 4 is 49.9 Å². The smallest absolute Gasteiger partial charge is 0.404 e. The zero-order chi connectivity index (χ0) is 25.1. The molecule has 3 N–H and O–H groups in total. The number of halogens is 1. The molecule has 0 aliphatic carbocycles. The normalized spacial score (nSPS) is 33.1. The summed E-state index contributed by atoms with van der Waals surface area (Å²) in [4.78, 5) is 26.0. The third kappa shape index (κ3) is 3.83. The van der Waals surface area contributed by atoms with E-state index in [4.69, 9.17) is 30.5 Å². The van der Waals surface area contributed by atoms with Crippen molar-refractivity contribution < 1.29 is 42.3 Å². The molecule has 178 valence electrons. The van der Waals surface area contributed by atoms with Crippen LogP contribution in [-0.2, 0) is 30.6 Å². The first-order valence-electron chi connectivity index (χ1n) is 10.1. The van der Waals surface area contributed by atoms with Gasteiger partial charge >= 0.3 is 13.5 Å². The maximum absolute atomic E-state index is 16.3. The SMILES string of the molecule is BC(B)(OP1(=O)OCc2ccccc2O1)[C@@]1(F)O[C@@](B)(n2cc(C=O)c(=S)[nH]c2=O)[C@H](O)[C@@H]1O. The van der Waals surface area contributed by atoms with E-state index < -0.39 is 42.6 Å². The Bertz CT molecular complexity index is 1330. The minimum atomic E-state index is -4.40. The fourth-order valence-corrected chi connectivity index (χ4v) is 5.61. The zero-order valence-corrected chi connectivity index (χ0v) is 20.0. The Hall–Kier alpha value is -2.06. The highest BCUT2D eigenvalue weighted by molar-refractivity contribution is 7.71. The van der Waals surface area contributed by atoms with Crippen LogP contribution >= 0.6 is 20.0 Å². The highest BCUT2D eigenvalue weighted by Crippen LogP contribution is 2.59. The van der Waals surface area contributed by atoms with E-state index in [1.54, 1.807) is 18.2 Å². The van der Waals surface area contributed by atoms with Gasteiger partial charge in [-0.25, -0.2) is 13.8 Å². The van der Waals surface area contributed by atoms with Crippen molar-refractivity contribution in [2.45, 2.75) is 35.7 Å². The fourth-order valence-electron chi connectivity index (χ4n) is 3.88.